The van der Waals surface area contributed by atoms with Crippen LogP contribution in [0.25, 0.3) is 0 Å². The molecular weight excluding hydrogens is 312 g/mol. The van der Waals surface area contributed by atoms with Crippen molar-refractivity contribution in [1.29, 1.82) is 5.26 Å². The minimum Gasteiger partial charge on any atom is -0.618 e. The number of nitriles is 1. The van der Waals surface area contributed by atoms with Crippen molar-refractivity contribution in [3.8, 4) is 6.07 Å². The van der Waals surface area contributed by atoms with Crippen LogP contribution in [0.4, 0.5) is 0 Å². The minimum absolute atomic E-state index is 0.00382. The highest BCUT2D eigenvalue weighted by molar-refractivity contribution is 7.10. The van der Waals surface area contributed by atoms with E-state index in [2.05, 4.69) is 6.07 Å². The van der Waals surface area contributed by atoms with Gasteiger partial charge in [0, 0.05) is 23.4 Å². The Balaban J connectivity index is 2.47. The molecule has 2 heterocycles. The number of rotatable bonds is 6. The highest BCUT2D eigenvalue weighted by Crippen LogP contribution is 2.37. The Morgan fingerprint density at radius 3 is 2.65 bits per heavy atom. The Morgan fingerprint density at radius 2 is 2.13 bits per heavy atom. The van der Waals surface area contributed by atoms with Crippen molar-refractivity contribution in [1.82, 2.24) is 0 Å². The number of aliphatic hydroxyl groups is 1. The highest BCUT2D eigenvalue weighted by Gasteiger charge is 2.43. The lowest BCUT2D eigenvalue weighted by molar-refractivity contribution is -0.616. The monoisotopic (exact) mass is 330 g/mol. The second-order valence-electron chi connectivity index (χ2n) is 5.89. The highest BCUT2D eigenvalue weighted by atomic mass is 32.1. The Morgan fingerprint density at radius 1 is 1.39 bits per heavy atom. The van der Waals surface area contributed by atoms with Gasteiger partial charge in [-0.2, -0.15) is 9.99 Å². The van der Waals surface area contributed by atoms with Crippen LogP contribution >= 0.6 is 11.3 Å². The third kappa shape index (κ3) is 3.41. The predicted octanol–water partition coefficient (Wildman–Crippen LogP) is 2.31. The van der Waals surface area contributed by atoms with Crippen LogP contribution in [0, 0.1) is 16.5 Å². The van der Waals surface area contributed by atoms with Gasteiger partial charge in [0.1, 0.15) is 5.60 Å². The molecule has 0 aliphatic rings. The number of ketones is 1. The van der Waals surface area contributed by atoms with E-state index < -0.39 is 11.0 Å². The van der Waals surface area contributed by atoms with E-state index in [9.17, 15) is 20.4 Å². The minimum atomic E-state index is -1.46. The normalized spacial score (nSPS) is 14.0. The van der Waals surface area contributed by atoms with Crippen LogP contribution in [0.2, 0.25) is 0 Å². The van der Waals surface area contributed by atoms with Gasteiger partial charge in [-0.1, -0.05) is 6.07 Å². The Bertz CT molecular complexity index is 729. The summed E-state index contributed by atoms with van der Waals surface area (Å²) in [4.78, 5) is 12.8. The molecule has 1 atom stereocenters. The fourth-order valence-corrected chi connectivity index (χ4v) is 3.35. The molecule has 23 heavy (non-hydrogen) atoms. The molecule has 0 aliphatic heterocycles. The molecule has 0 spiro atoms. The topological polar surface area (TPSA) is 88.0 Å². The number of thiophene rings is 1. The fraction of sp³-hybridized carbons (Fsp3) is 0.353. The summed E-state index contributed by atoms with van der Waals surface area (Å²) in [5.41, 5.74) is -2.38. The number of pyridine rings is 1. The molecule has 0 saturated heterocycles. The summed E-state index contributed by atoms with van der Waals surface area (Å²) in [6.45, 7) is 2.84. The van der Waals surface area contributed by atoms with Gasteiger partial charge in [0.25, 0.3) is 0 Å². The predicted molar refractivity (Wildman–Crippen MR) is 86.7 cm³/mol. The van der Waals surface area contributed by atoms with Crippen molar-refractivity contribution >= 4 is 17.1 Å². The summed E-state index contributed by atoms with van der Waals surface area (Å²) in [7, 11) is 0. The molecule has 0 unspecified atom stereocenters. The Hall–Kier alpha value is -2.23. The third-order valence-corrected chi connectivity index (χ3v) is 4.84. The van der Waals surface area contributed by atoms with Crippen molar-refractivity contribution in [2.24, 2.45) is 0 Å². The molecule has 2 aromatic heterocycles. The number of hydrogen-bond donors (Lipinski definition) is 1. The van der Waals surface area contributed by atoms with E-state index in [4.69, 9.17) is 0 Å². The molecule has 1 N–H and O–H groups in total. The molecule has 0 fully saturated rings. The van der Waals surface area contributed by atoms with Crippen LogP contribution < -0.4 is 4.73 Å². The van der Waals surface area contributed by atoms with Gasteiger partial charge in [-0.3, -0.25) is 4.79 Å². The number of carbonyl (C=O) groups is 1. The lowest BCUT2D eigenvalue weighted by Crippen LogP contribution is -2.42. The fourth-order valence-electron chi connectivity index (χ4n) is 2.43. The van der Waals surface area contributed by atoms with Crippen LogP contribution in [0.1, 0.15) is 37.3 Å². The molecule has 0 bridgehead atoms. The molecular formula is C17H18N2O3S. The van der Waals surface area contributed by atoms with Gasteiger partial charge in [0.2, 0.25) is 5.69 Å². The van der Waals surface area contributed by atoms with E-state index in [0.29, 0.717) is 9.61 Å². The molecule has 0 aliphatic carbocycles. The van der Waals surface area contributed by atoms with E-state index in [1.165, 1.54) is 31.4 Å². The molecule has 0 aromatic carbocycles. The van der Waals surface area contributed by atoms with E-state index in [1.807, 2.05) is 11.4 Å². The van der Waals surface area contributed by atoms with E-state index in [-0.39, 0.29) is 24.3 Å². The van der Waals surface area contributed by atoms with Crippen molar-refractivity contribution in [3.63, 3.8) is 0 Å². The van der Waals surface area contributed by atoms with Gasteiger partial charge in [-0.15, -0.1) is 11.3 Å². The summed E-state index contributed by atoms with van der Waals surface area (Å²) in [5, 5.41) is 33.7. The van der Waals surface area contributed by atoms with Gasteiger partial charge < -0.3 is 10.3 Å². The standard InChI is InChI=1S/C17H18N2O3S/c1-16(2,21)14(20)8-9-17(12-18,15-7-5-11-23-15)13-6-3-4-10-19(13)22/h3-7,10-11,21H,8-9H2,1-2H3/t17-/m0/s1. The van der Waals surface area contributed by atoms with Gasteiger partial charge >= 0.3 is 0 Å². The van der Waals surface area contributed by atoms with Crippen LogP contribution in [-0.2, 0) is 10.2 Å². The zero-order valence-corrected chi connectivity index (χ0v) is 13.8. The second-order valence-corrected chi connectivity index (χ2v) is 6.84. The molecule has 0 saturated carbocycles. The first kappa shape index (κ1) is 17.1. The molecule has 2 rings (SSSR count). The van der Waals surface area contributed by atoms with Gasteiger partial charge in [-0.05, 0) is 37.8 Å². The van der Waals surface area contributed by atoms with Crippen LogP contribution in [0.15, 0.2) is 41.9 Å². The number of nitrogens with zero attached hydrogens (tertiary/aromatic N) is 2. The van der Waals surface area contributed by atoms with Gasteiger partial charge in [0.05, 0.1) is 6.07 Å². The van der Waals surface area contributed by atoms with E-state index in [1.54, 1.807) is 24.3 Å². The van der Waals surface area contributed by atoms with Gasteiger partial charge in [0.15, 0.2) is 17.4 Å². The lowest BCUT2D eigenvalue weighted by atomic mass is 9.78. The van der Waals surface area contributed by atoms with Crippen LogP contribution in [-0.4, -0.2) is 16.5 Å². The lowest BCUT2D eigenvalue weighted by Gasteiger charge is -2.25. The van der Waals surface area contributed by atoms with Crippen LogP contribution in [0.5, 0.6) is 0 Å². The summed E-state index contributed by atoms with van der Waals surface area (Å²) in [6.07, 6.45) is 1.48. The second kappa shape index (κ2) is 6.49. The summed E-state index contributed by atoms with van der Waals surface area (Å²) in [5.74, 6) is -0.359. The first-order chi connectivity index (χ1) is 10.8. The number of Topliss-reactive ketones (excluding diaryl/α,β-unsaturated/α-hetero) is 1. The average Bonchev–Trinajstić information content (AvgIpc) is 3.03. The molecule has 6 heteroatoms. The summed E-state index contributed by atoms with van der Waals surface area (Å²) in [6, 6.07) is 10.7. The first-order valence-electron chi connectivity index (χ1n) is 7.21. The summed E-state index contributed by atoms with van der Waals surface area (Å²) >= 11 is 1.37. The third-order valence-electron chi connectivity index (χ3n) is 3.80. The van der Waals surface area contributed by atoms with Crippen LogP contribution in [0.3, 0.4) is 0 Å². The van der Waals surface area contributed by atoms with Crippen molar-refractivity contribution in [2.45, 2.75) is 37.7 Å². The summed E-state index contributed by atoms with van der Waals surface area (Å²) < 4.78 is 0.664. The maximum atomic E-state index is 12.2. The number of hydrogen-bond acceptors (Lipinski definition) is 5. The van der Waals surface area contributed by atoms with Crippen molar-refractivity contribution in [2.75, 3.05) is 0 Å². The van der Waals surface area contributed by atoms with Crippen molar-refractivity contribution < 1.29 is 14.6 Å². The molecule has 0 radical (unpaired) electrons. The first-order valence-corrected chi connectivity index (χ1v) is 8.09. The maximum Gasteiger partial charge on any atom is 0.218 e. The zero-order chi connectivity index (χ0) is 17.1. The number of carbonyl (C=O) groups excluding carboxylic acids is 1. The number of aromatic nitrogens is 1. The van der Waals surface area contributed by atoms with E-state index in [0.717, 1.165) is 0 Å². The smallest absolute Gasteiger partial charge is 0.218 e. The van der Waals surface area contributed by atoms with Gasteiger partial charge in [-0.25, -0.2) is 0 Å². The SMILES string of the molecule is CC(C)(O)C(=O)CC[C@@](C#N)(c1cccs1)c1cccc[n+]1[O-]. The molecule has 0 amide bonds. The molecule has 120 valence electrons. The molecule has 5 nitrogen and oxygen atoms in total. The Kier molecular flexibility index (Phi) is 4.83. The van der Waals surface area contributed by atoms with Crippen molar-refractivity contribution in [3.05, 3.63) is 57.7 Å². The zero-order valence-electron chi connectivity index (χ0n) is 13.0. The Labute approximate surface area is 139 Å². The van der Waals surface area contributed by atoms with E-state index >= 15 is 0 Å². The largest absolute Gasteiger partial charge is 0.618 e. The average molecular weight is 330 g/mol. The maximum absolute atomic E-state index is 12.2. The quantitative estimate of drug-likeness (QED) is 0.650. The molecule has 2 aromatic rings.